The second-order valence-electron chi connectivity index (χ2n) is 5.47. The Morgan fingerprint density at radius 2 is 1.86 bits per heavy atom. The van der Waals surface area contributed by atoms with Crippen LogP contribution in [-0.2, 0) is 6.54 Å². The summed E-state index contributed by atoms with van der Waals surface area (Å²) >= 11 is 0. The quantitative estimate of drug-likeness (QED) is 0.880. The van der Waals surface area contributed by atoms with Crippen molar-refractivity contribution < 1.29 is 0 Å². The van der Waals surface area contributed by atoms with Crippen LogP contribution in [0.2, 0.25) is 0 Å². The summed E-state index contributed by atoms with van der Waals surface area (Å²) in [5, 5.41) is 3.24. The van der Waals surface area contributed by atoms with E-state index < -0.39 is 0 Å². The molecule has 1 heterocycles. The predicted molar refractivity (Wildman–Crippen MR) is 88.8 cm³/mol. The molecule has 0 saturated carbocycles. The van der Waals surface area contributed by atoms with Gasteiger partial charge in [-0.15, -0.1) is 0 Å². The molecule has 1 N–H and O–H groups in total. The van der Waals surface area contributed by atoms with Gasteiger partial charge in [0.2, 0.25) is 5.95 Å². The third kappa shape index (κ3) is 4.18. The van der Waals surface area contributed by atoms with E-state index in [0.29, 0.717) is 5.95 Å². The highest BCUT2D eigenvalue weighted by Crippen LogP contribution is 2.19. The lowest BCUT2D eigenvalue weighted by atomic mass is 10.1. The van der Waals surface area contributed by atoms with Gasteiger partial charge in [0, 0.05) is 31.9 Å². The molecule has 0 aliphatic carbocycles. The summed E-state index contributed by atoms with van der Waals surface area (Å²) in [7, 11) is 2.07. The van der Waals surface area contributed by atoms with Gasteiger partial charge in [0.15, 0.2) is 0 Å². The lowest BCUT2D eigenvalue weighted by Crippen LogP contribution is -2.20. The van der Waals surface area contributed by atoms with Crippen LogP contribution < -0.4 is 10.2 Å². The van der Waals surface area contributed by atoms with Gasteiger partial charge in [-0.25, -0.2) is 4.98 Å². The third-order valence-electron chi connectivity index (χ3n) is 3.38. The summed E-state index contributed by atoms with van der Waals surface area (Å²) in [4.78, 5) is 11.1. The first kappa shape index (κ1) is 15.3. The average Bonchev–Trinajstić information content (AvgIpc) is 2.48. The molecule has 0 spiro atoms. The molecule has 2 rings (SSSR count). The molecule has 0 atom stereocenters. The van der Waals surface area contributed by atoms with E-state index in [1.165, 1.54) is 11.1 Å². The summed E-state index contributed by atoms with van der Waals surface area (Å²) in [6.45, 7) is 8.01. The first-order valence-corrected chi connectivity index (χ1v) is 7.44. The van der Waals surface area contributed by atoms with Crippen LogP contribution in [0.4, 0.5) is 11.8 Å². The maximum Gasteiger partial charge on any atom is 0.224 e. The minimum Gasteiger partial charge on any atom is -0.355 e. The summed E-state index contributed by atoms with van der Waals surface area (Å²) in [6, 6.07) is 8.62. The van der Waals surface area contributed by atoms with Crippen LogP contribution >= 0.6 is 0 Å². The van der Waals surface area contributed by atoms with Gasteiger partial charge in [0.25, 0.3) is 0 Å². The molecule has 4 nitrogen and oxygen atoms in total. The van der Waals surface area contributed by atoms with Crippen LogP contribution in [0.1, 0.15) is 30.0 Å². The molecule has 2 aromatic rings. The average molecular weight is 284 g/mol. The van der Waals surface area contributed by atoms with Crippen LogP contribution in [0.5, 0.6) is 0 Å². The fraction of sp³-hybridized carbons (Fsp3) is 0.412. The minimum absolute atomic E-state index is 0.702. The Hall–Kier alpha value is -2.10. The predicted octanol–water partition coefficient (Wildman–Crippen LogP) is 3.55. The molecule has 4 heteroatoms. The number of aromatic nitrogens is 2. The molecule has 1 aromatic carbocycles. The van der Waals surface area contributed by atoms with Crippen molar-refractivity contribution in [1.82, 2.24) is 9.97 Å². The molecule has 0 aliphatic rings. The lowest BCUT2D eigenvalue weighted by molar-refractivity contribution is 0.875. The van der Waals surface area contributed by atoms with Crippen molar-refractivity contribution in [2.24, 2.45) is 0 Å². The van der Waals surface area contributed by atoms with Gasteiger partial charge in [-0.2, -0.15) is 4.98 Å². The van der Waals surface area contributed by atoms with E-state index >= 15 is 0 Å². The normalized spacial score (nSPS) is 10.5. The smallest absolute Gasteiger partial charge is 0.224 e. The van der Waals surface area contributed by atoms with E-state index in [1.807, 2.05) is 13.1 Å². The Labute approximate surface area is 127 Å². The number of rotatable bonds is 6. The van der Waals surface area contributed by atoms with Gasteiger partial charge in [0.05, 0.1) is 0 Å². The fourth-order valence-corrected chi connectivity index (χ4v) is 2.18. The molecule has 0 unspecified atom stereocenters. The van der Waals surface area contributed by atoms with E-state index in [2.05, 4.69) is 65.3 Å². The number of hydrogen-bond donors (Lipinski definition) is 1. The van der Waals surface area contributed by atoms with E-state index in [-0.39, 0.29) is 0 Å². The second kappa shape index (κ2) is 7.07. The molecule has 1 aromatic heterocycles. The maximum atomic E-state index is 4.63. The van der Waals surface area contributed by atoms with Crippen molar-refractivity contribution >= 4 is 11.8 Å². The number of benzene rings is 1. The molecular formula is C17H24N4. The topological polar surface area (TPSA) is 41.1 Å². The van der Waals surface area contributed by atoms with Crippen molar-refractivity contribution in [2.75, 3.05) is 23.8 Å². The van der Waals surface area contributed by atoms with Crippen molar-refractivity contribution in [3.8, 4) is 0 Å². The van der Waals surface area contributed by atoms with E-state index in [4.69, 9.17) is 0 Å². The van der Waals surface area contributed by atoms with Crippen molar-refractivity contribution in [3.63, 3.8) is 0 Å². The van der Waals surface area contributed by atoms with Crippen molar-refractivity contribution in [1.29, 1.82) is 0 Å². The molecule has 0 bridgehead atoms. The summed E-state index contributed by atoms with van der Waals surface area (Å²) in [5.74, 6) is 1.68. The van der Waals surface area contributed by atoms with E-state index in [1.54, 1.807) is 0 Å². The van der Waals surface area contributed by atoms with Crippen molar-refractivity contribution in [2.45, 2.75) is 33.7 Å². The van der Waals surface area contributed by atoms with Crippen molar-refractivity contribution in [3.05, 3.63) is 47.2 Å². The molecule has 112 valence electrons. The standard InChI is InChI=1S/C17H24N4/c1-5-10-18-17-19-11-14(3)16(20-17)21(4)12-15-8-6-13(2)7-9-15/h6-9,11H,5,10,12H2,1-4H3,(H,18,19,20). The zero-order valence-corrected chi connectivity index (χ0v) is 13.3. The van der Waals surface area contributed by atoms with Crippen LogP contribution in [0.15, 0.2) is 30.5 Å². The van der Waals surface area contributed by atoms with Crippen LogP contribution in [-0.4, -0.2) is 23.6 Å². The number of nitrogens with zero attached hydrogens (tertiary/aromatic N) is 3. The Balaban J connectivity index is 2.13. The molecule has 0 saturated heterocycles. The zero-order valence-electron chi connectivity index (χ0n) is 13.3. The van der Waals surface area contributed by atoms with Gasteiger partial charge < -0.3 is 10.2 Å². The Morgan fingerprint density at radius 1 is 1.14 bits per heavy atom. The van der Waals surface area contributed by atoms with Crippen LogP contribution in [0.25, 0.3) is 0 Å². The van der Waals surface area contributed by atoms with Crippen LogP contribution in [0, 0.1) is 13.8 Å². The Bertz CT molecular complexity index is 578. The minimum atomic E-state index is 0.702. The van der Waals surface area contributed by atoms with Gasteiger partial charge in [-0.05, 0) is 25.8 Å². The summed E-state index contributed by atoms with van der Waals surface area (Å²) < 4.78 is 0. The lowest BCUT2D eigenvalue weighted by Gasteiger charge is -2.21. The Kier molecular flexibility index (Phi) is 5.14. The summed E-state index contributed by atoms with van der Waals surface area (Å²) in [5.41, 5.74) is 3.65. The second-order valence-corrected chi connectivity index (χ2v) is 5.47. The molecule has 0 fully saturated rings. The first-order valence-electron chi connectivity index (χ1n) is 7.44. The first-order chi connectivity index (χ1) is 10.1. The molecular weight excluding hydrogens is 260 g/mol. The van der Waals surface area contributed by atoms with Gasteiger partial charge >= 0.3 is 0 Å². The van der Waals surface area contributed by atoms with E-state index in [0.717, 1.165) is 30.9 Å². The number of anilines is 2. The highest BCUT2D eigenvalue weighted by molar-refractivity contribution is 5.48. The molecule has 0 aliphatic heterocycles. The largest absolute Gasteiger partial charge is 0.355 e. The highest BCUT2D eigenvalue weighted by Gasteiger charge is 2.09. The summed E-state index contributed by atoms with van der Waals surface area (Å²) in [6.07, 6.45) is 2.94. The zero-order chi connectivity index (χ0) is 15.2. The SMILES string of the molecule is CCCNc1ncc(C)c(N(C)Cc2ccc(C)cc2)n1. The molecule has 0 radical (unpaired) electrons. The fourth-order valence-electron chi connectivity index (χ4n) is 2.18. The monoisotopic (exact) mass is 284 g/mol. The Morgan fingerprint density at radius 3 is 2.52 bits per heavy atom. The highest BCUT2D eigenvalue weighted by atomic mass is 15.2. The molecule has 21 heavy (non-hydrogen) atoms. The number of nitrogens with one attached hydrogen (secondary N) is 1. The van der Waals surface area contributed by atoms with Gasteiger partial charge in [0.1, 0.15) is 5.82 Å². The number of hydrogen-bond acceptors (Lipinski definition) is 4. The van der Waals surface area contributed by atoms with Gasteiger partial charge in [-0.3, -0.25) is 0 Å². The van der Waals surface area contributed by atoms with Gasteiger partial charge in [-0.1, -0.05) is 36.8 Å². The third-order valence-corrected chi connectivity index (χ3v) is 3.38. The number of aryl methyl sites for hydroxylation is 2. The van der Waals surface area contributed by atoms with Crippen LogP contribution in [0.3, 0.4) is 0 Å². The molecule has 0 amide bonds. The maximum absolute atomic E-state index is 4.63. The van der Waals surface area contributed by atoms with E-state index in [9.17, 15) is 0 Å².